The second-order valence-electron chi connectivity index (χ2n) is 26.1. The van der Waals surface area contributed by atoms with Gasteiger partial charge in [0.1, 0.15) is 0 Å². The van der Waals surface area contributed by atoms with E-state index >= 15 is 0 Å². The predicted octanol–water partition coefficient (Wildman–Crippen LogP) is 27.5. The third kappa shape index (κ3) is 138. The maximum atomic E-state index is 2.39. The number of hydrogen-bond acceptors (Lipinski definition) is 0. The molecule has 0 aromatic rings. The maximum Gasteiger partial charge on any atom is -0.0354 e. The molecule has 0 nitrogen and oxygen atoms in total. The fraction of sp³-hybridized carbons (Fsp3) is 1.00. The minimum Gasteiger partial charge on any atom is -0.0683 e. The Labute approximate surface area is 444 Å². The second-order valence-corrected chi connectivity index (χ2v) is 26.1. The van der Waals surface area contributed by atoms with Crippen LogP contribution in [0.2, 0.25) is 0 Å². The molecule has 0 atom stereocenters. The van der Waals surface area contributed by atoms with Crippen molar-refractivity contribution < 1.29 is 0 Å². The highest BCUT2D eigenvalue weighted by Gasteiger charge is 2.24. The lowest BCUT2D eigenvalue weighted by atomic mass is 9.74. The van der Waals surface area contributed by atoms with Gasteiger partial charge in [0, 0.05) is 0 Å². The van der Waals surface area contributed by atoms with Gasteiger partial charge in [-0.25, -0.2) is 0 Å². The van der Waals surface area contributed by atoms with Gasteiger partial charge in [-0.1, -0.05) is 377 Å². The van der Waals surface area contributed by atoms with E-state index in [1.165, 1.54) is 154 Å². The molecule has 0 aromatic carbocycles. The molecule has 0 radical (unpaired) electrons. The average Bonchev–Trinajstić information content (AvgIpc) is 3.99. The van der Waals surface area contributed by atoms with Crippen LogP contribution in [0.4, 0.5) is 0 Å². The van der Waals surface area contributed by atoms with E-state index in [0.29, 0.717) is 21.7 Å². The minimum absolute atomic E-state index is 0.500. The lowest BCUT2D eigenvalue weighted by molar-refractivity contribution is 0.201. The van der Waals surface area contributed by atoms with Gasteiger partial charge in [0.05, 0.1) is 0 Å². The van der Waals surface area contributed by atoms with Crippen molar-refractivity contribution in [3.05, 3.63) is 0 Å². The molecule has 4 fully saturated rings. The smallest absolute Gasteiger partial charge is 0.0354 e. The standard InChI is InChI=1S/C9H18.2C7H14.C6H12.2C6H14.2C5H12.2C4H10.C3H8.3C2H6/c1-8-4-6-9(2,3)7-5-8;1-7-5-3-2-4-6-7;1-2-7-5-3-4-6-7;1-6-4-2-3-5-6;2*1-5-6(2,3)4;1-5(2,3)4;1-4-5(2)3;1-4(2)3;1-3-4-2;1-3-2;3*1-2/h8H,4-7H2,1-3H3;2*7H,2-6H2,1H3;6H,2-5H2,1H3;2*5H2,1-4H3;1-4H3;5H,4H2,1-3H3;4H,1-3H3;3-4H2,1-2H3;3H2,1-2H3;3*1-2H3. The molecular weight excluding hydrogens is 817 g/mol. The predicted molar refractivity (Wildman–Crippen MR) is 334 cm³/mol. The quantitative estimate of drug-likeness (QED) is 0.264. The van der Waals surface area contributed by atoms with E-state index in [0.717, 1.165) is 35.5 Å². The van der Waals surface area contributed by atoms with Crippen LogP contribution in [-0.2, 0) is 0 Å². The number of hydrogen-bond donors (Lipinski definition) is 0. The molecule has 0 heteroatoms. The highest BCUT2D eigenvalue weighted by atomic mass is 14.3. The SMILES string of the molecule is CC.CC.CC.CC(C)(C)C.CC(C)C.CC1CCC(C)(C)CC1.CC1CCCC1.CC1CCCCC1.CCC.CCC(C)(C)C.CCC(C)(C)C.CCC(C)C.CCC1CCCC1.CCCC. The first kappa shape index (κ1) is 90.7. The van der Waals surface area contributed by atoms with Crippen molar-refractivity contribution in [2.75, 3.05) is 0 Å². The summed E-state index contributed by atoms with van der Waals surface area (Å²) in [6.07, 6.45) is 34.3. The molecule has 0 N–H and O–H groups in total. The number of unbranched alkanes of at least 4 members (excludes halogenated alkanes) is 1. The summed E-state index contributed by atoms with van der Waals surface area (Å²) >= 11 is 0. The van der Waals surface area contributed by atoms with Gasteiger partial charge < -0.3 is 0 Å². The first-order chi connectivity index (χ1) is 31.3. The van der Waals surface area contributed by atoms with Gasteiger partial charge in [-0.3, -0.25) is 0 Å². The first-order valence-corrected chi connectivity index (χ1v) is 31.3. The van der Waals surface area contributed by atoms with Gasteiger partial charge >= 0.3 is 0 Å². The van der Waals surface area contributed by atoms with Crippen molar-refractivity contribution in [1.82, 2.24) is 0 Å². The summed E-state index contributed by atoms with van der Waals surface area (Å²) in [7, 11) is 0. The van der Waals surface area contributed by atoms with Gasteiger partial charge in [-0.05, 0) is 70.0 Å². The molecule has 4 aliphatic carbocycles. The van der Waals surface area contributed by atoms with Crippen LogP contribution in [0, 0.1) is 57.2 Å². The molecule has 0 bridgehead atoms. The molecule has 4 saturated carbocycles. The van der Waals surface area contributed by atoms with Crippen LogP contribution in [0.5, 0.6) is 0 Å². The van der Waals surface area contributed by atoms with E-state index in [2.05, 4.69) is 194 Å². The topological polar surface area (TPSA) is 0 Å². The third-order valence-corrected chi connectivity index (χ3v) is 11.7. The van der Waals surface area contributed by atoms with E-state index in [1.807, 2.05) is 41.5 Å². The van der Waals surface area contributed by atoms with Crippen LogP contribution in [-0.4, -0.2) is 0 Å². The molecular formula is C68H156. The molecule has 0 unspecified atom stereocenters. The summed E-state index contributed by atoms with van der Waals surface area (Å²) in [6.45, 7) is 74.5. The Morgan fingerprint density at radius 1 is 0.412 bits per heavy atom. The van der Waals surface area contributed by atoms with Crippen molar-refractivity contribution in [3.8, 4) is 0 Å². The Morgan fingerprint density at radius 3 is 0.706 bits per heavy atom. The molecule has 0 aliphatic heterocycles. The van der Waals surface area contributed by atoms with Crippen LogP contribution in [0.1, 0.15) is 390 Å². The molecule has 0 saturated heterocycles. The summed E-state index contributed by atoms with van der Waals surface area (Å²) in [5.41, 5.74) is 2.24. The Balaban J connectivity index is -0.0000000679. The lowest BCUT2D eigenvalue weighted by Gasteiger charge is -2.32. The Kier molecular flexibility index (Phi) is 89.4. The van der Waals surface area contributed by atoms with E-state index in [9.17, 15) is 0 Å². The zero-order valence-corrected chi connectivity index (χ0v) is 56.4. The molecule has 0 aromatic heterocycles. The fourth-order valence-electron chi connectivity index (χ4n) is 5.40. The van der Waals surface area contributed by atoms with E-state index in [-0.39, 0.29) is 0 Å². The van der Waals surface area contributed by atoms with Crippen molar-refractivity contribution >= 4 is 0 Å². The molecule has 0 heterocycles. The summed E-state index contributed by atoms with van der Waals surface area (Å²) in [4.78, 5) is 0. The van der Waals surface area contributed by atoms with E-state index < -0.39 is 0 Å². The summed E-state index contributed by atoms with van der Waals surface area (Å²) in [5.74, 6) is 5.90. The summed E-state index contributed by atoms with van der Waals surface area (Å²) in [5, 5.41) is 0. The van der Waals surface area contributed by atoms with Gasteiger partial charge in [0.25, 0.3) is 0 Å². The van der Waals surface area contributed by atoms with Gasteiger partial charge in [-0.15, -0.1) is 0 Å². The summed E-state index contributed by atoms with van der Waals surface area (Å²) < 4.78 is 0. The fourth-order valence-corrected chi connectivity index (χ4v) is 5.40. The molecule has 0 amide bonds. The molecule has 68 heavy (non-hydrogen) atoms. The lowest BCUT2D eigenvalue weighted by Crippen LogP contribution is -2.19. The van der Waals surface area contributed by atoms with Crippen LogP contribution < -0.4 is 0 Å². The molecule has 428 valence electrons. The third-order valence-electron chi connectivity index (χ3n) is 11.7. The van der Waals surface area contributed by atoms with Crippen molar-refractivity contribution in [2.45, 2.75) is 390 Å². The maximum absolute atomic E-state index is 2.39. The Hall–Kier alpha value is 0. The van der Waals surface area contributed by atoms with Crippen LogP contribution in [0.25, 0.3) is 0 Å². The Morgan fingerprint density at radius 2 is 0.603 bits per heavy atom. The van der Waals surface area contributed by atoms with Crippen LogP contribution in [0.15, 0.2) is 0 Å². The highest BCUT2D eigenvalue weighted by molar-refractivity contribution is 4.76. The van der Waals surface area contributed by atoms with Crippen molar-refractivity contribution in [1.29, 1.82) is 0 Å². The normalized spacial score (nSPS) is 16.2. The highest BCUT2D eigenvalue weighted by Crippen LogP contribution is 2.37. The molecule has 4 aliphatic rings. The molecule has 0 spiro atoms. The van der Waals surface area contributed by atoms with E-state index in [1.54, 1.807) is 0 Å². The molecule has 4 rings (SSSR count). The second kappa shape index (κ2) is 67.0. The minimum atomic E-state index is 0.500. The number of rotatable bonds is 3. The van der Waals surface area contributed by atoms with Crippen LogP contribution in [0.3, 0.4) is 0 Å². The van der Waals surface area contributed by atoms with Gasteiger partial charge in [0.15, 0.2) is 0 Å². The van der Waals surface area contributed by atoms with E-state index in [4.69, 9.17) is 0 Å². The van der Waals surface area contributed by atoms with Gasteiger partial charge in [0.2, 0.25) is 0 Å². The first-order valence-electron chi connectivity index (χ1n) is 31.3. The van der Waals surface area contributed by atoms with Gasteiger partial charge in [-0.2, -0.15) is 0 Å². The zero-order chi connectivity index (χ0) is 56.4. The van der Waals surface area contributed by atoms with Crippen molar-refractivity contribution in [3.63, 3.8) is 0 Å². The van der Waals surface area contributed by atoms with Crippen LogP contribution >= 0.6 is 0 Å². The Bertz CT molecular complexity index is 709. The van der Waals surface area contributed by atoms with Crippen molar-refractivity contribution in [2.24, 2.45) is 57.2 Å². The largest absolute Gasteiger partial charge is 0.0683 e. The monoisotopic (exact) mass is 973 g/mol. The zero-order valence-electron chi connectivity index (χ0n) is 56.4. The summed E-state index contributed by atoms with van der Waals surface area (Å²) in [6, 6.07) is 0. The average molecular weight is 974 g/mol.